The van der Waals surface area contributed by atoms with Crippen LogP contribution in [-0.4, -0.2) is 60.6 Å². The van der Waals surface area contributed by atoms with Crippen LogP contribution in [0, 0.1) is 0 Å². The molecule has 0 aromatic rings. The fraction of sp³-hybridized carbons (Fsp3) is 0.900. The zero-order chi connectivity index (χ0) is 11.1. The number of rotatable bonds is 7. The van der Waals surface area contributed by atoms with Crippen molar-refractivity contribution in [2.75, 3.05) is 33.7 Å². The summed E-state index contributed by atoms with van der Waals surface area (Å²) in [6, 6.07) is 0.123. The Morgan fingerprint density at radius 3 is 2.29 bits per heavy atom. The van der Waals surface area contributed by atoms with Gasteiger partial charge in [0.2, 0.25) is 0 Å². The van der Waals surface area contributed by atoms with Crippen LogP contribution in [0.4, 0.5) is 0 Å². The van der Waals surface area contributed by atoms with Crippen LogP contribution in [0.5, 0.6) is 0 Å². The molecule has 1 N–H and O–H groups in total. The first-order chi connectivity index (χ1) is 6.47. The van der Waals surface area contributed by atoms with E-state index in [9.17, 15) is 4.79 Å². The number of carboxylic acids is 1. The van der Waals surface area contributed by atoms with Crippen molar-refractivity contribution in [2.45, 2.75) is 26.3 Å². The third-order valence-corrected chi connectivity index (χ3v) is 2.33. The SMILES string of the molecule is CCN(CCN(C)C)C(C)CC(=O)O. The largest absolute Gasteiger partial charge is 0.481 e. The van der Waals surface area contributed by atoms with Crippen molar-refractivity contribution in [1.82, 2.24) is 9.80 Å². The minimum absolute atomic E-state index is 0.123. The smallest absolute Gasteiger partial charge is 0.304 e. The quantitative estimate of drug-likeness (QED) is 0.661. The summed E-state index contributed by atoms with van der Waals surface area (Å²) in [6.07, 6.45) is 0.223. The molecule has 0 aromatic heterocycles. The first kappa shape index (κ1) is 13.4. The molecular weight excluding hydrogens is 180 g/mol. The molecule has 0 spiro atoms. The molecule has 0 saturated heterocycles. The van der Waals surface area contributed by atoms with Crippen LogP contribution in [0.25, 0.3) is 0 Å². The molecule has 4 heteroatoms. The van der Waals surface area contributed by atoms with Gasteiger partial charge in [0, 0.05) is 19.1 Å². The van der Waals surface area contributed by atoms with Gasteiger partial charge in [-0.25, -0.2) is 0 Å². The molecule has 84 valence electrons. The molecule has 1 atom stereocenters. The van der Waals surface area contributed by atoms with E-state index in [1.165, 1.54) is 0 Å². The molecule has 14 heavy (non-hydrogen) atoms. The molecule has 0 heterocycles. The zero-order valence-electron chi connectivity index (χ0n) is 9.66. The molecule has 0 amide bonds. The Morgan fingerprint density at radius 2 is 1.93 bits per heavy atom. The van der Waals surface area contributed by atoms with Crippen molar-refractivity contribution in [3.63, 3.8) is 0 Å². The highest BCUT2D eigenvalue weighted by Gasteiger charge is 2.14. The van der Waals surface area contributed by atoms with Gasteiger partial charge in [0.1, 0.15) is 0 Å². The highest BCUT2D eigenvalue weighted by molar-refractivity contribution is 5.67. The van der Waals surface area contributed by atoms with E-state index in [1.807, 2.05) is 21.0 Å². The van der Waals surface area contributed by atoms with Gasteiger partial charge in [-0.2, -0.15) is 0 Å². The van der Waals surface area contributed by atoms with Crippen LogP contribution in [0.15, 0.2) is 0 Å². The monoisotopic (exact) mass is 202 g/mol. The average molecular weight is 202 g/mol. The number of likely N-dealkylation sites (N-methyl/N-ethyl adjacent to an activating group) is 2. The first-order valence-corrected chi connectivity index (χ1v) is 5.08. The summed E-state index contributed by atoms with van der Waals surface area (Å²) in [4.78, 5) is 14.8. The average Bonchev–Trinajstić information content (AvgIpc) is 2.03. The second kappa shape index (κ2) is 6.79. The highest BCUT2D eigenvalue weighted by atomic mass is 16.4. The van der Waals surface area contributed by atoms with Crippen molar-refractivity contribution in [2.24, 2.45) is 0 Å². The molecule has 4 nitrogen and oxygen atoms in total. The minimum Gasteiger partial charge on any atom is -0.481 e. The van der Waals surface area contributed by atoms with Crippen LogP contribution in [0.2, 0.25) is 0 Å². The lowest BCUT2D eigenvalue weighted by Gasteiger charge is -2.27. The summed E-state index contributed by atoms with van der Waals surface area (Å²) in [5.41, 5.74) is 0. The van der Waals surface area contributed by atoms with Gasteiger partial charge < -0.3 is 10.0 Å². The van der Waals surface area contributed by atoms with E-state index in [1.54, 1.807) is 0 Å². The molecule has 0 rings (SSSR count). The summed E-state index contributed by atoms with van der Waals surface area (Å²) in [5.74, 6) is -0.721. The van der Waals surface area contributed by atoms with Crippen molar-refractivity contribution in [3.8, 4) is 0 Å². The van der Waals surface area contributed by atoms with Gasteiger partial charge in [-0.1, -0.05) is 6.92 Å². The molecule has 0 radical (unpaired) electrons. The standard InChI is InChI=1S/C10H22N2O2/c1-5-12(7-6-11(3)4)9(2)8-10(13)14/h9H,5-8H2,1-4H3,(H,13,14). The van der Waals surface area contributed by atoms with Crippen LogP contribution >= 0.6 is 0 Å². The van der Waals surface area contributed by atoms with Crippen molar-refractivity contribution in [3.05, 3.63) is 0 Å². The number of carbonyl (C=O) groups is 1. The molecule has 1 unspecified atom stereocenters. The Morgan fingerprint density at radius 1 is 1.36 bits per heavy atom. The summed E-state index contributed by atoms with van der Waals surface area (Å²) in [5, 5.41) is 8.67. The van der Waals surface area contributed by atoms with Crippen LogP contribution in [0.3, 0.4) is 0 Å². The number of carboxylic acid groups (broad SMARTS) is 1. The number of aliphatic carboxylic acids is 1. The van der Waals surface area contributed by atoms with Gasteiger partial charge in [-0.15, -0.1) is 0 Å². The lowest BCUT2D eigenvalue weighted by molar-refractivity contribution is -0.138. The first-order valence-electron chi connectivity index (χ1n) is 5.08. The van der Waals surface area contributed by atoms with E-state index in [0.29, 0.717) is 0 Å². The predicted molar refractivity (Wildman–Crippen MR) is 57.5 cm³/mol. The molecular formula is C10H22N2O2. The van der Waals surface area contributed by atoms with Gasteiger partial charge >= 0.3 is 5.97 Å². The van der Waals surface area contributed by atoms with Gasteiger partial charge in [0.05, 0.1) is 6.42 Å². The van der Waals surface area contributed by atoms with Gasteiger partial charge in [0.15, 0.2) is 0 Å². The van der Waals surface area contributed by atoms with Gasteiger partial charge in [0.25, 0.3) is 0 Å². The van der Waals surface area contributed by atoms with Crippen molar-refractivity contribution >= 4 is 5.97 Å². The second-order valence-corrected chi connectivity index (χ2v) is 3.88. The van der Waals surface area contributed by atoms with E-state index in [-0.39, 0.29) is 12.5 Å². The lowest BCUT2D eigenvalue weighted by atomic mass is 10.2. The van der Waals surface area contributed by atoms with E-state index < -0.39 is 5.97 Å². The van der Waals surface area contributed by atoms with Crippen molar-refractivity contribution in [1.29, 1.82) is 0 Å². The molecule has 0 aliphatic heterocycles. The fourth-order valence-electron chi connectivity index (χ4n) is 1.40. The minimum atomic E-state index is -0.721. The van der Waals surface area contributed by atoms with Crippen LogP contribution < -0.4 is 0 Å². The van der Waals surface area contributed by atoms with Gasteiger partial charge in [-0.3, -0.25) is 9.69 Å². The molecule has 0 aliphatic rings. The number of hydrogen-bond donors (Lipinski definition) is 1. The van der Waals surface area contributed by atoms with Crippen LogP contribution in [0.1, 0.15) is 20.3 Å². The predicted octanol–water partition coefficient (Wildman–Crippen LogP) is 0.733. The number of nitrogens with zero attached hydrogens (tertiary/aromatic N) is 2. The van der Waals surface area contributed by atoms with E-state index >= 15 is 0 Å². The molecule has 0 bridgehead atoms. The molecule has 0 aliphatic carbocycles. The molecule has 0 aromatic carbocycles. The third-order valence-electron chi connectivity index (χ3n) is 2.33. The maximum Gasteiger partial charge on any atom is 0.304 e. The third kappa shape index (κ3) is 5.94. The Bertz CT molecular complexity index is 172. The normalized spacial score (nSPS) is 13.6. The summed E-state index contributed by atoms with van der Waals surface area (Å²) < 4.78 is 0. The summed E-state index contributed by atoms with van der Waals surface area (Å²) in [7, 11) is 4.05. The Labute approximate surface area is 86.5 Å². The van der Waals surface area contributed by atoms with Gasteiger partial charge in [-0.05, 0) is 27.6 Å². The maximum atomic E-state index is 10.5. The molecule has 0 saturated carbocycles. The van der Waals surface area contributed by atoms with Crippen LogP contribution in [-0.2, 0) is 4.79 Å². The summed E-state index contributed by atoms with van der Waals surface area (Å²) in [6.45, 7) is 6.83. The Kier molecular flexibility index (Phi) is 6.49. The fourth-order valence-corrected chi connectivity index (χ4v) is 1.40. The topological polar surface area (TPSA) is 43.8 Å². The molecule has 0 fully saturated rings. The Balaban J connectivity index is 3.92. The van der Waals surface area contributed by atoms with E-state index in [0.717, 1.165) is 19.6 Å². The second-order valence-electron chi connectivity index (χ2n) is 3.88. The lowest BCUT2D eigenvalue weighted by Crippen LogP contribution is -2.39. The number of hydrogen-bond acceptors (Lipinski definition) is 3. The zero-order valence-corrected chi connectivity index (χ0v) is 9.66. The van der Waals surface area contributed by atoms with E-state index in [2.05, 4.69) is 16.7 Å². The van der Waals surface area contributed by atoms with Crippen molar-refractivity contribution < 1.29 is 9.90 Å². The summed E-state index contributed by atoms with van der Waals surface area (Å²) >= 11 is 0. The van der Waals surface area contributed by atoms with E-state index in [4.69, 9.17) is 5.11 Å². The maximum absolute atomic E-state index is 10.5. The Hall–Kier alpha value is -0.610. The highest BCUT2D eigenvalue weighted by Crippen LogP contribution is 2.03.